The lowest BCUT2D eigenvalue weighted by molar-refractivity contribution is 0.0827. The van der Waals surface area contributed by atoms with Gasteiger partial charge in [-0.1, -0.05) is 6.07 Å². The van der Waals surface area contributed by atoms with Crippen LogP contribution in [0.15, 0.2) is 43.1 Å². The molecule has 1 saturated heterocycles. The monoisotopic (exact) mass is 491 g/mol. The molecule has 0 radical (unpaired) electrons. The number of amides is 1. The molecular weight excluding hydrogens is 464 g/mol. The van der Waals surface area contributed by atoms with Gasteiger partial charge in [0.25, 0.3) is 5.91 Å². The minimum absolute atomic E-state index is 0.0644. The van der Waals surface area contributed by atoms with E-state index in [1.165, 1.54) is 23.5 Å². The van der Waals surface area contributed by atoms with E-state index >= 15 is 4.39 Å². The number of carbonyl (C=O) groups is 1. The second-order valence-corrected chi connectivity index (χ2v) is 9.36. The molecule has 8 nitrogen and oxygen atoms in total. The average molecular weight is 492 g/mol. The van der Waals surface area contributed by atoms with E-state index in [0.29, 0.717) is 28.2 Å². The van der Waals surface area contributed by atoms with Crippen molar-refractivity contribution in [3.8, 4) is 0 Å². The molecule has 4 aromatic rings. The van der Waals surface area contributed by atoms with Crippen molar-refractivity contribution in [1.29, 1.82) is 0 Å². The van der Waals surface area contributed by atoms with E-state index < -0.39 is 11.6 Å². The van der Waals surface area contributed by atoms with Crippen molar-refractivity contribution in [2.75, 3.05) is 32.1 Å². The van der Waals surface area contributed by atoms with Gasteiger partial charge in [0.2, 0.25) is 5.95 Å². The van der Waals surface area contributed by atoms with Crippen LogP contribution in [0.25, 0.3) is 11.0 Å². The molecule has 0 atom stereocenters. The zero-order valence-corrected chi connectivity index (χ0v) is 20.4. The number of piperidine rings is 1. The lowest BCUT2D eigenvalue weighted by Crippen LogP contribution is -2.35. The molecule has 1 aromatic carbocycles. The summed E-state index contributed by atoms with van der Waals surface area (Å²) in [6.45, 7) is 3.44. The van der Waals surface area contributed by atoms with Gasteiger partial charge in [-0.2, -0.15) is 0 Å². The van der Waals surface area contributed by atoms with Crippen molar-refractivity contribution in [1.82, 2.24) is 29.4 Å². The first-order valence-electron chi connectivity index (χ1n) is 11.9. The Bertz CT molecular complexity index is 1410. The zero-order valence-electron chi connectivity index (χ0n) is 20.4. The standard InChI is InChI=1S/C26H27F2N7O/c1-16-12-29-26(30-13-16)34-8-6-19(7-9-34)35-14-21(28)23-22(31-15-32-24(23)35)11-17-4-5-18(10-20(17)27)25(36)33(2)3/h4-5,10,12-15,19H,6-9,11H2,1-3H3. The number of carbonyl (C=O) groups excluding carboxylic acids is 1. The third kappa shape index (κ3) is 4.50. The molecule has 1 aliphatic heterocycles. The third-order valence-electron chi connectivity index (χ3n) is 6.61. The van der Waals surface area contributed by atoms with Crippen molar-refractivity contribution >= 4 is 22.9 Å². The van der Waals surface area contributed by atoms with Crippen molar-refractivity contribution < 1.29 is 13.6 Å². The van der Waals surface area contributed by atoms with Gasteiger partial charge in [-0.05, 0) is 43.0 Å². The maximum Gasteiger partial charge on any atom is 0.253 e. The van der Waals surface area contributed by atoms with Crippen LogP contribution in [0.3, 0.4) is 0 Å². The SMILES string of the molecule is Cc1cnc(N2CCC(n3cc(F)c4c(Cc5ccc(C(=O)N(C)C)cc5F)ncnc43)CC2)nc1. The molecule has 4 heterocycles. The van der Waals surface area contributed by atoms with Crippen LogP contribution in [0.1, 0.15) is 46.1 Å². The third-order valence-corrected chi connectivity index (χ3v) is 6.61. The normalized spacial score (nSPS) is 14.4. The lowest BCUT2D eigenvalue weighted by atomic mass is 10.0. The van der Waals surface area contributed by atoms with E-state index in [9.17, 15) is 9.18 Å². The van der Waals surface area contributed by atoms with Crippen molar-refractivity contribution in [3.63, 3.8) is 0 Å². The molecule has 0 saturated carbocycles. The molecular formula is C26H27F2N7O. The Morgan fingerprint density at radius 3 is 2.44 bits per heavy atom. The van der Waals surface area contributed by atoms with E-state index in [-0.39, 0.29) is 23.9 Å². The summed E-state index contributed by atoms with van der Waals surface area (Å²) in [6.07, 6.45) is 8.14. The van der Waals surface area contributed by atoms with Crippen molar-refractivity contribution in [2.24, 2.45) is 0 Å². The summed E-state index contributed by atoms with van der Waals surface area (Å²) < 4.78 is 31.9. The van der Waals surface area contributed by atoms with E-state index in [0.717, 1.165) is 31.5 Å². The predicted molar refractivity (Wildman–Crippen MR) is 132 cm³/mol. The number of aromatic nitrogens is 5. The van der Waals surface area contributed by atoms with E-state index in [1.807, 2.05) is 11.5 Å². The van der Waals surface area contributed by atoms with Crippen LogP contribution in [0.4, 0.5) is 14.7 Å². The predicted octanol–water partition coefficient (Wildman–Crippen LogP) is 3.94. The van der Waals surface area contributed by atoms with Crippen LogP contribution < -0.4 is 4.90 Å². The molecule has 0 bridgehead atoms. The molecule has 10 heteroatoms. The number of aryl methyl sites for hydroxylation is 1. The first kappa shape index (κ1) is 23.8. The summed E-state index contributed by atoms with van der Waals surface area (Å²) in [7, 11) is 3.22. The van der Waals surface area contributed by atoms with E-state index in [2.05, 4.69) is 24.8 Å². The van der Waals surface area contributed by atoms with Crippen LogP contribution in [0, 0.1) is 18.6 Å². The van der Waals surface area contributed by atoms with Gasteiger partial charge in [-0.25, -0.2) is 28.7 Å². The molecule has 3 aromatic heterocycles. The first-order valence-corrected chi connectivity index (χ1v) is 11.9. The van der Waals surface area contributed by atoms with Gasteiger partial charge < -0.3 is 14.4 Å². The summed E-state index contributed by atoms with van der Waals surface area (Å²) in [5, 5.41) is 0.301. The molecule has 1 fully saturated rings. The fourth-order valence-electron chi connectivity index (χ4n) is 4.67. The van der Waals surface area contributed by atoms with Gasteiger partial charge in [0, 0.05) is 63.8 Å². The number of fused-ring (bicyclic) bond motifs is 1. The first-order chi connectivity index (χ1) is 17.3. The highest BCUT2D eigenvalue weighted by Crippen LogP contribution is 2.31. The quantitative estimate of drug-likeness (QED) is 0.421. The smallest absolute Gasteiger partial charge is 0.253 e. The van der Waals surface area contributed by atoms with Crippen LogP contribution in [0.2, 0.25) is 0 Å². The summed E-state index contributed by atoms with van der Waals surface area (Å²) >= 11 is 0. The molecule has 186 valence electrons. The molecule has 0 unspecified atom stereocenters. The Labute approximate surface area is 207 Å². The number of rotatable bonds is 5. The number of nitrogens with zero attached hydrogens (tertiary/aromatic N) is 7. The van der Waals surface area contributed by atoms with Gasteiger partial charge in [-0.3, -0.25) is 4.79 Å². The minimum Gasteiger partial charge on any atom is -0.345 e. The number of hydrogen-bond donors (Lipinski definition) is 0. The van der Waals surface area contributed by atoms with Crippen LogP contribution in [-0.4, -0.2) is 62.5 Å². The zero-order chi connectivity index (χ0) is 25.4. The molecule has 0 N–H and O–H groups in total. The largest absolute Gasteiger partial charge is 0.345 e. The average Bonchev–Trinajstić information content (AvgIpc) is 3.22. The molecule has 0 spiro atoms. The molecule has 1 aliphatic rings. The fraction of sp³-hybridized carbons (Fsp3) is 0.346. The summed E-state index contributed by atoms with van der Waals surface area (Å²) in [4.78, 5) is 33.1. The summed E-state index contributed by atoms with van der Waals surface area (Å²) in [5.41, 5.74) is 2.52. The molecule has 5 rings (SSSR count). The number of hydrogen-bond acceptors (Lipinski definition) is 6. The second-order valence-electron chi connectivity index (χ2n) is 9.36. The summed E-state index contributed by atoms with van der Waals surface area (Å²) in [6, 6.07) is 4.40. The highest BCUT2D eigenvalue weighted by Gasteiger charge is 2.26. The fourth-order valence-corrected chi connectivity index (χ4v) is 4.67. The van der Waals surface area contributed by atoms with Gasteiger partial charge in [0.15, 0.2) is 5.82 Å². The van der Waals surface area contributed by atoms with Crippen molar-refractivity contribution in [2.45, 2.75) is 32.2 Å². The number of halogens is 2. The Balaban J connectivity index is 1.38. The highest BCUT2D eigenvalue weighted by atomic mass is 19.1. The van der Waals surface area contributed by atoms with Gasteiger partial charge in [0.05, 0.1) is 11.1 Å². The Morgan fingerprint density at radius 2 is 1.78 bits per heavy atom. The van der Waals surface area contributed by atoms with E-state index in [4.69, 9.17) is 0 Å². The Kier molecular flexibility index (Phi) is 6.34. The second kappa shape index (κ2) is 9.60. The maximum absolute atomic E-state index is 15.2. The number of anilines is 1. The van der Waals surface area contributed by atoms with Crippen molar-refractivity contribution in [3.05, 3.63) is 77.1 Å². The van der Waals surface area contributed by atoms with E-state index in [1.54, 1.807) is 38.6 Å². The maximum atomic E-state index is 15.2. The minimum atomic E-state index is -0.528. The molecule has 36 heavy (non-hydrogen) atoms. The van der Waals surface area contributed by atoms with Crippen LogP contribution >= 0.6 is 0 Å². The molecule has 0 aliphatic carbocycles. The number of benzene rings is 1. The lowest BCUT2D eigenvalue weighted by Gasteiger charge is -2.32. The topological polar surface area (TPSA) is 80.0 Å². The highest BCUT2D eigenvalue weighted by molar-refractivity contribution is 5.94. The van der Waals surface area contributed by atoms with Gasteiger partial charge >= 0.3 is 0 Å². The van der Waals surface area contributed by atoms with Crippen LogP contribution in [-0.2, 0) is 6.42 Å². The Morgan fingerprint density at radius 1 is 1.06 bits per heavy atom. The van der Waals surface area contributed by atoms with Crippen LogP contribution in [0.5, 0.6) is 0 Å². The summed E-state index contributed by atoms with van der Waals surface area (Å²) in [5.74, 6) is -0.537. The van der Waals surface area contributed by atoms with Gasteiger partial charge in [-0.15, -0.1) is 0 Å². The molecule has 1 amide bonds. The Hall–Kier alpha value is -3.95. The van der Waals surface area contributed by atoms with Gasteiger partial charge in [0.1, 0.15) is 17.8 Å².